The molecule has 108 valence electrons. The fraction of sp³-hybridized carbons (Fsp3) is 0.125. The lowest BCUT2D eigenvalue weighted by Gasteiger charge is -2.12. The molecule has 2 rings (SSSR count). The van der Waals surface area contributed by atoms with Crippen molar-refractivity contribution in [1.82, 2.24) is 0 Å². The second-order valence-electron chi connectivity index (χ2n) is 4.50. The molecule has 2 aromatic carbocycles. The van der Waals surface area contributed by atoms with Crippen LogP contribution in [0.25, 0.3) is 0 Å². The van der Waals surface area contributed by atoms with Gasteiger partial charge in [-0.25, -0.2) is 4.79 Å². The molecule has 0 aliphatic heterocycles. The lowest BCUT2D eigenvalue weighted by Crippen LogP contribution is -2.15. The molecule has 0 aromatic heterocycles. The van der Waals surface area contributed by atoms with Crippen LogP contribution in [0.4, 0.5) is 5.69 Å². The van der Waals surface area contributed by atoms with Crippen LogP contribution >= 0.6 is 0 Å². The molecule has 0 saturated heterocycles. The van der Waals surface area contributed by atoms with Crippen LogP contribution in [0.1, 0.15) is 15.9 Å². The predicted octanol–water partition coefficient (Wildman–Crippen LogP) is 2.71. The van der Waals surface area contributed by atoms with Crippen molar-refractivity contribution in [3.05, 3.63) is 59.7 Å². The van der Waals surface area contributed by atoms with Gasteiger partial charge in [-0.3, -0.25) is 4.79 Å². The molecule has 2 aromatic rings. The van der Waals surface area contributed by atoms with E-state index in [4.69, 9.17) is 9.84 Å². The van der Waals surface area contributed by atoms with Crippen molar-refractivity contribution in [2.75, 3.05) is 11.9 Å². The standard InChI is InChI=1S/C16H15NO4/c1-11-7-8-14(21-10-15(18)19)13(9-11)17-16(20)12-5-3-2-4-6-12/h2-9H,10H2,1H3,(H,17,20)(H,18,19). The average molecular weight is 285 g/mol. The normalized spacial score (nSPS) is 9.95. The number of nitrogens with one attached hydrogen (secondary N) is 1. The molecule has 0 heterocycles. The van der Waals surface area contributed by atoms with Crippen molar-refractivity contribution in [3.8, 4) is 5.75 Å². The van der Waals surface area contributed by atoms with Crippen molar-refractivity contribution in [3.63, 3.8) is 0 Å². The second kappa shape index (κ2) is 6.56. The minimum atomic E-state index is -1.07. The summed E-state index contributed by atoms with van der Waals surface area (Å²) in [6.45, 7) is 1.41. The molecule has 1 amide bonds. The van der Waals surface area contributed by atoms with E-state index in [1.54, 1.807) is 42.5 Å². The summed E-state index contributed by atoms with van der Waals surface area (Å²) in [5, 5.41) is 11.4. The van der Waals surface area contributed by atoms with E-state index >= 15 is 0 Å². The van der Waals surface area contributed by atoms with Gasteiger partial charge in [-0.05, 0) is 36.8 Å². The summed E-state index contributed by atoms with van der Waals surface area (Å²) >= 11 is 0. The maximum absolute atomic E-state index is 12.1. The van der Waals surface area contributed by atoms with Gasteiger partial charge < -0.3 is 15.2 Å². The number of carboxylic acid groups (broad SMARTS) is 1. The van der Waals surface area contributed by atoms with Gasteiger partial charge in [0.25, 0.3) is 5.91 Å². The van der Waals surface area contributed by atoms with Crippen LogP contribution in [0, 0.1) is 6.92 Å². The number of anilines is 1. The van der Waals surface area contributed by atoms with Gasteiger partial charge >= 0.3 is 5.97 Å². The number of aliphatic carboxylic acids is 1. The maximum atomic E-state index is 12.1. The molecule has 0 atom stereocenters. The summed E-state index contributed by atoms with van der Waals surface area (Å²) in [5.74, 6) is -1.02. The Morgan fingerprint density at radius 2 is 1.86 bits per heavy atom. The van der Waals surface area contributed by atoms with Gasteiger partial charge in [0.05, 0.1) is 5.69 Å². The average Bonchev–Trinajstić information content (AvgIpc) is 2.47. The highest BCUT2D eigenvalue weighted by molar-refractivity contribution is 6.05. The third kappa shape index (κ3) is 4.07. The molecule has 0 radical (unpaired) electrons. The van der Waals surface area contributed by atoms with Crippen LogP contribution in [-0.4, -0.2) is 23.6 Å². The van der Waals surface area contributed by atoms with Gasteiger partial charge in [-0.15, -0.1) is 0 Å². The number of ether oxygens (including phenoxy) is 1. The first-order valence-corrected chi connectivity index (χ1v) is 6.38. The molecule has 0 aliphatic carbocycles. The summed E-state index contributed by atoms with van der Waals surface area (Å²) in [7, 11) is 0. The Morgan fingerprint density at radius 1 is 1.14 bits per heavy atom. The summed E-state index contributed by atoms with van der Waals surface area (Å²) < 4.78 is 5.18. The topological polar surface area (TPSA) is 75.6 Å². The number of carboxylic acids is 1. The van der Waals surface area contributed by atoms with Crippen molar-refractivity contribution in [2.24, 2.45) is 0 Å². The molecule has 0 spiro atoms. The number of carbonyl (C=O) groups excluding carboxylic acids is 1. The van der Waals surface area contributed by atoms with Crippen LogP contribution in [0.2, 0.25) is 0 Å². The Balaban J connectivity index is 2.20. The Hall–Kier alpha value is -2.82. The lowest BCUT2D eigenvalue weighted by atomic mass is 10.1. The maximum Gasteiger partial charge on any atom is 0.341 e. The Bertz CT molecular complexity index is 653. The third-order valence-corrected chi connectivity index (χ3v) is 2.77. The first-order chi connectivity index (χ1) is 10.1. The van der Waals surface area contributed by atoms with Crippen LogP contribution in [0.5, 0.6) is 5.75 Å². The largest absolute Gasteiger partial charge is 0.480 e. The number of carbonyl (C=O) groups is 2. The molecule has 0 fully saturated rings. The molecular weight excluding hydrogens is 270 g/mol. The van der Waals surface area contributed by atoms with Gasteiger partial charge in [0.1, 0.15) is 5.75 Å². The summed E-state index contributed by atoms with van der Waals surface area (Å²) in [4.78, 5) is 22.7. The zero-order valence-corrected chi connectivity index (χ0v) is 11.5. The fourth-order valence-corrected chi connectivity index (χ4v) is 1.79. The fourth-order valence-electron chi connectivity index (χ4n) is 1.79. The van der Waals surface area contributed by atoms with Gasteiger partial charge in [0.15, 0.2) is 6.61 Å². The van der Waals surface area contributed by atoms with E-state index in [0.717, 1.165) is 5.56 Å². The van der Waals surface area contributed by atoms with E-state index in [1.807, 2.05) is 13.0 Å². The number of aryl methyl sites for hydroxylation is 1. The van der Waals surface area contributed by atoms with E-state index in [9.17, 15) is 9.59 Å². The highest BCUT2D eigenvalue weighted by Crippen LogP contribution is 2.26. The molecule has 0 saturated carbocycles. The molecule has 0 aliphatic rings. The highest BCUT2D eigenvalue weighted by atomic mass is 16.5. The first kappa shape index (κ1) is 14.6. The molecule has 5 nitrogen and oxygen atoms in total. The van der Waals surface area contributed by atoms with Gasteiger partial charge in [-0.1, -0.05) is 24.3 Å². The Kier molecular flexibility index (Phi) is 4.56. The van der Waals surface area contributed by atoms with Crippen molar-refractivity contribution >= 4 is 17.6 Å². The molecule has 0 unspecified atom stereocenters. The van der Waals surface area contributed by atoms with Crippen molar-refractivity contribution in [1.29, 1.82) is 0 Å². The molecule has 0 bridgehead atoms. The van der Waals surface area contributed by atoms with E-state index in [-0.39, 0.29) is 5.91 Å². The van der Waals surface area contributed by atoms with Crippen molar-refractivity contribution in [2.45, 2.75) is 6.92 Å². The number of hydrogen-bond donors (Lipinski definition) is 2. The first-order valence-electron chi connectivity index (χ1n) is 6.38. The number of amides is 1. The second-order valence-corrected chi connectivity index (χ2v) is 4.50. The van der Waals surface area contributed by atoms with E-state index in [1.165, 1.54) is 0 Å². The zero-order chi connectivity index (χ0) is 15.2. The Morgan fingerprint density at radius 3 is 2.52 bits per heavy atom. The summed E-state index contributed by atoms with van der Waals surface area (Å²) in [6.07, 6.45) is 0. The van der Waals surface area contributed by atoms with Crippen molar-refractivity contribution < 1.29 is 19.4 Å². The third-order valence-electron chi connectivity index (χ3n) is 2.77. The highest BCUT2D eigenvalue weighted by Gasteiger charge is 2.11. The number of rotatable bonds is 5. The molecule has 5 heteroatoms. The predicted molar refractivity (Wildman–Crippen MR) is 78.7 cm³/mol. The SMILES string of the molecule is Cc1ccc(OCC(=O)O)c(NC(=O)c2ccccc2)c1. The Labute approximate surface area is 122 Å². The van der Waals surface area contributed by atoms with Crippen LogP contribution in [0.15, 0.2) is 48.5 Å². The van der Waals surface area contributed by atoms with Gasteiger partial charge in [-0.2, -0.15) is 0 Å². The van der Waals surface area contributed by atoms with Crippen LogP contribution < -0.4 is 10.1 Å². The van der Waals surface area contributed by atoms with E-state index < -0.39 is 12.6 Å². The lowest BCUT2D eigenvalue weighted by molar-refractivity contribution is -0.139. The van der Waals surface area contributed by atoms with E-state index in [2.05, 4.69) is 5.32 Å². The zero-order valence-electron chi connectivity index (χ0n) is 11.5. The minimum absolute atomic E-state index is 0.277. The smallest absolute Gasteiger partial charge is 0.341 e. The molecular formula is C16H15NO4. The van der Waals surface area contributed by atoms with Gasteiger partial charge in [0.2, 0.25) is 0 Å². The minimum Gasteiger partial charge on any atom is -0.480 e. The number of benzene rings is 2. The molecule has 21 heavy (non-hydrogen) atoms. The monoisotopic (exact) mass is 285 g/mol. The van der Waals surface area contributed by atoms with Gasteiger partial charge in [0, 0.05) is 5.56 Å². The summed E-state index contributed by atoms with van der Waals surface area (Å²) in [5.41, 5.74) is 1.90. The quantitative estimate of drug-likeness (QED) is 0.885. The number of hydrogen-bond acceptors (Lipinski definition) is 3. The van der Waals surface area contributed by atoms with Crippen LogP contribution in [0.3, 0.4) is 0 Å². The van der Waals surface area contributed by atoms with Crippen LogP contribution in [-0.2, 0) is 4.79 Å². The summed E-state index contributed by atoms with van der Waals surface area (Å²) in [6, 6.07) is 13.9. The molecule has 2 N–H and O–H groups in total. The van der Waals surface area contributed by atoms with E-state index in [0.29, 0.717) is 17.0 Å².